The summed E-state index contributed by atoms with van der Waals surface area (Å²) in [5, 5.41) is 0. The number of rotatable bonds is 3. The number of aromatic nitrogens is 1. The van der Waals surface area contributed by atoms with E-state index in [1.807, 2.05) is 29.0 Å². The molecule has 0 aromatic carbocycles. The van der Waals surface area contributed by atoms with Crippen molar-refractivity contribution >= 4 is 11.8 Å². The molecule has 2 aliphatic heterocycles. The number of carbonyl (C=O) groups excluding carboxylic acids is 2. The summed E-state index contributed by atoms with van der Waals surface area (Å²) >= 11 is 0. The molecular weight excluding hydrogens is 304 g/mol. The molecule has 1 aromatic heterocycles. The van der Waals surface area contributed by atoms with Gasteiger partial charge in [-0.3, -0.25) is 19.5 Å². The average Bonchev–Trinajstić information content (AvgIpc) is 2.75. The van der Waals surface area contributed by atoms with Gasteiger partial charge in [-0.1, -0.05) is 6.07 Å². The van der Waals surface area contributed by atoms with Gasteiger partial charge in [0.1, 0.15) is 0 Å². The van der Waals surface area contributed by atoms with E-state index in [9.17, 15) is 9.59 Å². The minimum Gasteiger partial charge on any atom is -0.342 e. The summed E-state index contributed by atoms with van der Waals surface area (Å²) < 4.78 is 0. The fourth-order valence-electron chi connectivity index (χ4n) is 3.98. The van der Waals surface area contributed by atoms with Crippen LogP contribution in [0, 0.1) is 5.41 Å². The summed E-state index contributed by atoms with van der Waals surface area (Å²) in [6, 6.07) is 4.02. The third-order valence-corrected chi connectivity index (χ3v) is 5.13. The summed E-state index contributed by atoms with van der Waals surface area (Å²) in [4.78, 5) is 34.7. The predicted molar refractivity (Wildman–Crippen MR) is 91.1 cm³/mol. The fraction of sp³-hybridized carbons (Fsp3) is 0.611. The Balaban J connectivity index is 1.80. The lowest BCUT2D eigenvalue weighted by molar-refractivity contribution is -0.130. The number of pyridine rings is 1. The van der Waals surface area contributed by atoms with Crippen LogP contribution in [0.4, 0.5) is 0 Å². The van der Waals surface area contributed by atoms with Crippen LogP contribution in [-0.2, 0) is 16.1 Å². The highest BCUT2D eigenvalue weighted by Gasteiger charge is 2.46. The largest absolute Gasteiger partial charge is 0.342 e. The third-order valence-electron chi connectivity index (χ3n) is 5.13. The average molecular weight is 330 g/mol. The molecule has 6 heteroatoms. The quantitative estimate of drug-likeness (QED) is 0.829. The molecule has 2 aliphatic rings. The van der Waals surface area contributed by atoms with E-state index in [1.165, 1.54) is 5.56 Å². The standard InChI is InChI=1S/C18H26N4O2/c1-3-21-13-18(9-17(21)24)12-20(7-8-22(14-18)15(2)23)11-16-5-4-6-19-10-16/h4-6,10H,3,7-9,11-14H2,1-2H3/t18-/m0/s1. The van der Waals surface area contributed by atoms with Crippen molar-refractivity contribution in [1.29, 1.82) is 0 Å². The molecule has 1 atom stereocenters. The van der Waals surface area contributed by atoms with Crippen LogP contribution in [0.2, 0.25) is 0 Å². The predicted octanol–water partition coefficient (Wildman–Crippen LogP) is 0.984. The summed E-state index contributed by atoms with van der Waals surface area (Å²) in [7, 11) is 0. The molecule has 0 unspecified atom stereocenters. The third kappa shape index (κ3) is 3.59. The van der Waals surface area contributed by atoms with Crippen molar-refractivity contribution in [3.05, 3.63) is 30.1 Å². The zero-order valence-corrected chi connectivity index (χ0v) is 14.6. The van der Waals surface area contributed by atoms with Crippen molar-refractivity contribution in [3.8, 4) is 0 Å². The summed E-state index contributed by atoms with van der Waals surface area (Å²) in [5.74, 6) is 0.309. The van der Waals surface area contributed by atoms with Crippen LogP contribution in [-0.4, -0.2) is 70.8 Å². The molecule has 130 valence electrons. The molecule has 0 radical (unpaired) electrons. The van der Waals surface area contributed by atoms with Gasteiger partial charge in [-0.15, -0.1) is 0 Å². The first-order valence-corrected chi connectivity index (χ1v) is 8.66. The Morgan fingerprint density at radius 2 is 2.12 bits per heavy atom. The maximum Gasteiger partial charge on any atom is 0.223 e. The summed E-state index contributed by atoms with van der Waals surface area (Å²) in [5.41, 5.74) is 1.01. The van der Waals surface area contributed by atoms with Crippen LogP contribution in [0.1, 0.15) is 25.8 Å². The second kappa shape index (κ2) is 6.89. The van der Waals surface area contributed by atoms with Gasteiger partial charge in [0.05, 0.1) is 0 Å². The Bertz CT molecular complexity index is 606. The van der Waals surface area contributed by atoms with Crippen molar-refractivity contribution < 1.29 is 9.59 Å². The molecule has 24 heavy (non-hydrogen) atoms. The second-order valence-corrected chi connectivity index (χ2v) is 7.10. The smallest absolute Gasteiger partial charge is 0.223 e. The monoisotopic (exact) mass is 330 g/mol. The Labute approximate surface area is 143 Å². The number of hydrogen-bond donors (Lipinski definition) is 0. The number of carbonyl (C=O) groups is 2. The minimum atomic E-state index is -0.155. The van der Waals surface area contributed by atoms with Gasteiger partial charge in [-0.2, -0.15) is 0 Å². The van der Waals surface area contributed by atoms with Gasteiger partial charge in [0, 0.05) is 77.0 Å². The lowest BCUT2D eigenvalue weighted by Crippen LogP contribution is -2.44. The molecule has 0 aliphatic carbocycles. The first-order chi connectivity index (χ1) is 11.5. The van der Waals surface area contributed by atoms with E-state index in [4.69, 9.17) is 0 Å². The van der Waals surface area contributed by atoms with Crippen LogP contribution in [0.5, 0.6) is 0 Å². The highest BCUT2D eigenvalue weighted by atomic mass is 16.2. The lowest BCUT2D eigenvalue weighted by Gasteiger charge is -2.33. The van der Waals surface area contributed by atoms with E-state index >= 15 is 0 Å². The zero-order chi connectivity index (χ0) is 17.2. The number of nitrogens with zero attached hydrogens (tertiary/aromatic N) is 4. The Morgan fingerprint density at radius 3 is 2.75 bits per heavy atom. The first-order valence-electron chi connectivity index (χ1n) is 8.66. The van der Waals surface area contributed by atoms with Gasteiger partial charge in [0.15, 0.2) is 0 Å². The lowest BCUT2D eigenvalue weighted by atomic mass is 9.85. The van der Waals surface area contributed by atoms with Gasteiger partial charge < -0.3 is 9.80 Å². The van der Waals surface area contributed by atoms with E-state index in [1.54, 1.807) is 13.1 Å². The normalized spacial score (nSPS) is 25.3. The summed E-state index contributed by atoms with van der Waals surface area (Å²) in [6.07, 6.45) is 4.20. The maximum absolute atomic E-state index is 12.3. The first kappa shape index (κ1) is 16.9. The van der Waals surface area contributed by atoms with Crippen molar-refractivity contribution in [2.45, 2.75) is 26.8 Å². The Hall–Kier alpha value is -1.95. The molecule has 2 fully saturated rings. The Kier molecular flexibility index (Phi) is 4.85. The number of hydrogen-bond acceptors (Lipinski definition) is 4. The number of amides is 2. The van der Waals surface area contributed by atoms with Crippen LogP contribution in [0.3, 0.4) is 0 Å². The van der Waals surface area contributed by atoms with Gasteiger partial charge in [0.2, 0.25) is 11.8 Å². The van der Waals surface area contributed by atoms with Crippen LogP contribution in [0.15, 0.2) is 24.5 Å². The van der Waals surface area contributed by atoms with Crippen LogP contribution < -0.4 is 0 Å². The molecule has 2 amide bonds. The summed E-state index contributed by atoms with van der Waals surface area (Å²) in [6.45, 7) is 9.00. The van der Waals surface area contributed by atoms with Crippen LogP contribution >= 0.6 is 0 Å². The molecule has 0 bridgehead atoms. The highest BCUT2D eigenvalue weighted by Crippen LogP contribution is 2.35. The topological polar surface area (TPSA) is 56.8 Å². The van der Waals surface area contributed by atoms with Crippen molar-refractivity contribution in [1.82, 2.24) is 19.7 Å². The molecule has 3 rings (SSSR count). The second-order valence-electron chi connectivity index (χ2n) is 7.10. The number of likely N-dealkylation sites (tertiary alicyclic amines) is 1. The van der Waals surface area contributed by atoms with Crippen molar-refractivity contribution in [2.75, 3.05) is 39.3 Å². The molecule has 1 spiro atoms. The molecule has 0 saturated carbocycles. The van der Waals surface area contributed by atoms with Crippen molar-refractivity contribution in [2.24, 2.45) is 5.41 Å². The van der Waals surface area contributed by atoms with E-state index in [-0.39, 0.29) is 17.2 Å². The molecule has 3 heterocycles. The fourth-order valence-corrected chi connectivity index (χ4v) is 3.98. The van der Waals surface area contributed by atoms with Gasteiger partial charge >= 0.3 is 0 Å². The maximum atomic E-state index is 12.3. The molecule has 0 N–H and O–H groups in total. The highest BCUT2D eigenvalue weighted by molar-refractivity contribution is 5.80. The molecular formula is C18H26N4O2. The van der Waals surface area contributed by atoms with E-state index in [2.05, 4.69) is 16.0 Å². The van der Waals surface area contributed by atoms with E-state index in [0.717, 1.165) is 39.3 Å². The molecule has 1 aromatic rings. The van der Waals surface area contributed by atoms with E-state index < -0.39 is 0 Å². The molecule has 2 saturated heterocycles. The van der Waals surface area contributed by atoms with Gasteiger partial charge in [-0.05, 0) is 18.6 Å². The van der Waals surface area contributed by atoms with Crippen LogP contribution in [0.25, 0.3) is 0 Å². The zero-order valence-electron chi connectivity index (χ0n) is 14.6. The molecule has 6 nitrogen and oxygen atoms in total. The van der Waals surface area contributed by atoms with Gasteiger partial charge in [-0.25, -0.2) is 0 Å². The Morgan fingerprint density at radius 1 is 1.29 bits per heavy atom. The van der Waals surface area contributed by atoms with Crippen molar-refractivity contribution in [3.63, 3.8) is 0 Å². The van der Waals surface area contributed by atoms with E-state index in [0.29, 0.717) is 13.0 Å². The van der Waals surface area contributed by atoms with Gasteiger partial charge in [0.25, 0.3) is 0 Å². The minimum absolute atomic E-state index is 0.0972. The SMILES string of the molecule is CCN1C[C@]2(CC1=O)CN(Cc1cccnc1)CCN(C(C)=O)C2.